The quantitative estimate of drug-likeness (QED) is 0.715. The number of nitrogens with zero attached hydrogens (tertiary/aromatic N) is 2. The van der Waals surface area contributed by atoms with Gasteiger partial charge in [0.05, 0.1) is 10.5 Å². The monoisotopic (exact) mass is 360 g/mol. The molecule has 0 unspecified atom stereocenters. The number of carboxylic acids is 1. The van der Waals surface area contributed by atoms with Crippen LogP contribution in [0.5, 0.6) is 0 Å². The van der Waals surface area contributed by atoms with Crippen LogP contribution in [0.15, 0.2) is 42.5 Å². The highest BCUT2D eigenvalue weighted by molar-refractivity contribution is 6.39. The van der Waals surface area contributed by atoms with Crippen LogP contribution < -0.4 is 4.90 Å². The lowest BCUT2D eigenvalue weighted by atomic mass is 9.95. The van der Waals surface area contributed by atoms with Gasteiger partial charge in [0, 0.05) is 30.1 Å². The Kier molecular flexibility index (Phi) is 4.35. The van der Waals surface area contributed by atoms with Crippen LogP contribution in [-0.2, 0) is 0 Å². The van der Waals surface area contributed by atoms with E-state index in [1.54, 1.807) is 31.1 Å². The molecule has 0 aliphatic carbocycles. The second kappa shape index (κ2) is 6.30. The minimum absolute atomic E-state index is 0.122. The van der Waals surface area contributed by atoms with Crippen molar-refractivity contribution >= 4 is 45.9 Å². The van der Waals surface area contributed by atoms with Gasteiger partial charge in [-0.25, -0.2) is 9.78 Å². The molecule has 1 N–H and O–H groups in total. The summed E-state index contributed by atoms with van der Waals surface area (Å²) in [4.78, 5) is 18.1. The summed E-state index contributed by atoms with van der Waals surface area (Å²) in [5.74, 6) is -0.707. The molecule has 0 aliphatic rings. The smallest absolute Gasteiger partial charge is 0.340 e. The van der Waals surface area contributed by atoms with Gasteiger partial charge in [-0.2, -0.15) is 0 Å². The summed E-state index contributed by atoms with van der Waals surface area (Å²) in [5, 5.41) is 11.2. The molecule has 1 aromatic heterocycles. The summed E-state index contributed by atoms with van der Waals surface area (Å²) in [5.41, 5.74) is 1.97. The van der Waals surface area contributed by atoms with Crippen LogP contribution in [0.2, 0.25) is 10.0 Å². The van der Waals surface area contributed by atoms with Crippen LogP contribution in [-0.4, -0.2) is 30.2 Å². The van der Waals surface area contributed by atoms with Gasteiger partial charge in [-0.15, -0.1) is 0 Å². The molecule has 0 saturated carbocycles. The maximum absolute atomic E-state index is 12.0. The van der Waals surface area contributed by atoms with E-state index in [-0.39, 0.29) is 5.56 Å². The molecule has 0 saturated heterocycles. The molecule has 4 nitrogen and oxygen atoms in total. The van der Waals surface area contributed by atoms with Crippen molar-refractivity contribution in [3.8, 4) is 11.1 Å². The van der Waals surface area contributed by atoms with Gasteiger partial charge < -0.3 is 10.0 Å². The third kappa shape index (κ3) is 2.79. The number of benzene rings is 2. The number of fused-ring (bicyclic) bond motifs is 1. The first-order valence-corrected chi connectivity index (χ1v) is 7.94. The molecule has 0 bridgehead atoms. The van der Waals surface area contributed by atoms with Crippen molar-refractivity contribution in [1.29, 1.82) is 0 Å². The van der Waals surface area contributed by atoms with E-state index < -0.39 is 5.97 Å². The predicted octanol–water partition coefficient (Wildman–Crippen LogP) is 4.97. The minimum atomic E-state index is -1.05. The average molecular weight is 361 g/mol. The SMILES string of the molecule is CN(C)c1nc2c(Cl)cc(Cl)cc2c(-c2ccccc2)c1C(=O)O. The van der Waals surface area contributed by atoms with Gasteiger partial charge in [-0.3, -0.25) is 0 Å². The highest BCUT2D eigenvalue weighted by Gasteiger charge is 2.24. The number of hydrogen-bond acceptors (Lipinski definition) is 3. The third-order valence-corrected chi connectivity index (χ3v) is 4.20. The normalized spacial score (nSPS) is 10.8. The molecule has 0 fully saturated rings. The molecule has 1 heterocycles. The summed E-state index contributed by atoms with van der Waals surface area (Å²) >= 11 is 12.5. The number of rotatable bonds is 3. The molecular formula is C18H14Cl2N2O2. The lowest BCUT2D eigenvalue weighted by molar-refractivity contribution is 0.0698. The van der Waals surface area contributed by atoms with E-state index in [1.807, 2.05) is 30.3 Å². The second-order valence-corrected chi connectivity index (χ2v) is 6.38. The zero-order valence-corrected chi connectivity index (χ0v) is 14.6. The third-order valence-electron chi connectivity index (χ3n) is 3.69. The fourth-order valence-electron chi connectivity index (χ4n) is 2.71. The van der Waals surface area contributed by atoms with Crippen molar-refractivity contribution in [2.75, 3.05) is 19.0 Å². The molecule has 0 atom stereocenters. The number of carboxylic acid groups (broad SMARTS) is 1. The van der Waals surface area contributed by atoms with Gasteiger partial charge in [-0.05, 0) is 17.7 Å². The highest BCUT2D eigenvalue weighted by atomic mass is 35.5. The van der Waals surface area contributed by atoms with Crippen LogP contribution >= 0.6 is 23.2 Å². The standard InChI is InChI=1S/C18H14Cl2N2O2/c1-22(2)17-15(18(23)24)14(10-6-4-3-5-7-10)12-8-11(19)9-13(20)16(12)21-17/h3-9H,1-2H3,(H,23,24). The maximum Gasteiger partial charge on any atom is 0.340 e. The van der Waals surface area contributed by atoms with Crippen LogP contribution in [0.3, 0.4) is 0 Å². The number of anilines is 1. The summed E-state index contributed by atoms with van der Waals surface area (Å²) in [6.07, 6.45) is 0. The van der Waals surface area contributed by atoms with E-state index in [1.165, 1.54) is 0 Å². The number of aromatic carboxylic acids is 1. The Morgan fingerprint density at radius 2 is 1.79 bits per heavy atom. The van der Waals surface area contributed by atoms with Crippen molar-refractivity contribution in [3.05, 3.63) is 58.1 Å². The Hall–Kier alpha value is -2.30. The van der Waals surface area contributed by atoms with E-state index in [9.17, 15) is 9.90 Å². The van der Waals surface area contributed by atoms with E-state index in [0.29, 0.717) is 32.3 Å². The van der Waals surface area contributed by atoms with Gasteiger partial charge >= 0.3 is 5.97 Å². The average Bonchev–Trinajstić information content (AvgIpc) is 2.53. The Morgan fingerprint density at radius 1 is 1.12 bits per heavy atom. The van der Waals surface area contributed by atoms with Crippen LogP contribution in [0.1, 0.15) is 10.4 Å². The van der Waals surface area contributed by atoms with Crippen molar-refractivity contribution in [3.63, 3.8) is 0 Å². The fourth-order valence-corrected chi connectivity index (χ4v) is 3.24. The first-order chi connectivity index (χ1) is 11.4. The molecule has 0 radical (unpaired) electrons. The highest BCUT2D eigenvalue weighted by Crippen LogP contribution is 2.39. The summed E-state index contributed by atoms with van der Waals surface area (Å²) < 4.78 is 0. The molecule has 0 spiro atoms. The Morgan fingerprint density at radius 3 is 2.38 bits per heavy atom. The lowest BCUT2D eigenvalue weighted by Gasteiger charge is -2.20. The van der Waals surface area contributed by atoms with E-state index in [2.05, 4.69) is 4.98 Å². The van der Waals surface area contributed by atoms with E-state index in [4.69, 9.17) is 23.2 Å². The largest absolute Gasteiger partial charge is 0.478 e. The zero-order valence-electron chi connectivity index (χ0n) is 13.0. The van der Waals surface area contributed by atoms with Crippen LogP contribution in [0, 0.1) is 0 Å². The Bertz CT molecular complexity index is 941. The minimum Gasteiger partial charge on any atom is -0.478 e. The molecule has 6 heteroatoms. The molecule has 0 amide bonds. The molecule has 2 aromatic carbocycles. The second-order valence-electron chi connectivity index (χ2n) is 5.53. The van der Waals surface area contributed by atoms with Gasteiger partial charge in [0.15, 0.2) is 0 Å². The lowest BCUT2D eigenvalue weighted by Crippen LogP contribution is -2.17. The number of halogens is 2. The number of pyridine rings is 1. The van der Waals surface area contributed by atoms with Crippen molar-refractivity contribution in [1.82, 2.24) is 4.98 Å². The number of carbonyl (C=O) groups is 1. The van der Waals surface area contributed by atoms with Gasteiger partial charge in [0.1, 0.15) is 11.4 Å². The topological polar surface area (TPSA) is 53.4 Å². The Labute approximate surface area is 149 Å². The first kappa shape index (κ1) is 16.6. The number of hydrogen-bond donors (Lipinski definition) is 1. The summed E-state index contributed by atoms with van der Waals surface area (Å²) in [6, 6.07) is 12.6. The van der Waals surface area contributed by atoms with E-state index >= 15 is 0 Å². The maximum atomic E-state index is 12.0. The molecule has 0 aliphatic heterocycles. The van der Waals surface area contributed by atoms with Crippen molar-refractivity contribution < 1.29 is 9.90 Å². The predicted molar refractivity (Wildman–Crippen MR) is 98.5 cm³/mol. The molecule has 3 rings (SSSR count). The zero-order chi connectivity index (χ0) is 17.4. The molecule has 3 aromatic rings. The van der Waals surface area contributed by atoms with Crippen molar-refractivity contribution in [2.24, 2.45) is 0 Å². The summed E-state index contributed by atoms with van der Waals surface area (Å²) in [7, 11) is 3.50. The molecular weight excluding hydrogens is 347 g/mol. The number of aromatic nitrogens is 1. The molecule has 24 heavy (non-hydrogen) atoms. The molecule has 122 valence electrons. The van der Waals surface area contributed by atoms with Gasteiger partial charge in [0.25, 0.3) is 0 Å². The van der Waals surface area contributed by atoms with Gasteiger partial charge in [-0.1, -0.05) is 53.5 Å². The Balaban J connectivity index is 2.57. The fraction of sp³-hybridized carbons (Fsp3) is 0.111. The van der Waals surface area contributed by atoms with Crippen LogP contribution in [0.25, 0.3) is 22.0 Å². The van der Waals surface area contributed by atoms with Gasteiger partial charge in [0.2, 0.25) is 0 Å². The first-order valence-electron chi connectivity index (χ1n) is 7.19. The van der Waals surface area contributed by atoms with Crippen molar-refractivity contribution in [2.45, 2.75) is 0 Å². The van der Waals surface area contributed by atoms with E-state index in [0.717, 1.165) is 5.56 Å². The summed E-state index contributed by atoms with van der Waals surface area (Å²) in [6.45, 7) is 0. The van der Waals surface area contributed by atoms with Crippen LogP contribution in [0.4, 0.5) is 5.82 Å².